The van der Waals surface area contributed by atoms with Crippen molar-refractivity contribution < 1.29 is 14.3 Å². The van der Waals surface area contributed by atoms with Crippen molar-refractivity contribution in [2.45, 2.75) is 58.8 Å². The first-order valence-electron chi connectivity index (χ1n) is 15.8. The van der Waals surface area contributed by atoms with E-state index in [0.29, 0.717) is 28.7 Å². The zero-order valence-corrected chi connectivity index (χ0v) is 26.8. The first kappa shape index (κ1) is 30.8. The fraction of sp³-hybridized carbons (Fsp3) is 0.297. The van der Waals surface area contributed by atoms with Gasteiger partial charge in [0.25, 0.3) is 0 Å². The summed E-state index contributed by atoms with van der Waals surface area (Å²) in [5, 5.41) is 12.5. The third kappa shape index (κ3) is 7.04. The number of urea groups is 1. The molecule has 0 unspecified atom stereocenters. The first-order chi connectivity index (χ1) is 22.1. The highest BCUT2D eigenvalue weighted by atomic mass is 16.5. The van der Waals surface area contributed by atoms with Crippen molar-refractivity contribution in [3.63, 3.8) is 0 Å². The van der Waals surface area contributed by atoms with Gasteiger partial charge in [-0.05, 0) is 56.5 Å². The van der Waals surface area contributed by atoms with E-state index in [-0.39, 0.29) is 23.8 Å². The van der Waals surface area contributed by atoms with Crippen molar-refractivity contribution in [1.29, 1.82) is 0 Å². The number of pyridine rings is 1. The lowest BCUT2D eigenvalue weighted by Gasteiger charge is -2.26. The summed E-state index contributed by atoms with van der Waals surface area (Å²) in [5.41, 5.74) is 3.98. The number of amides is 3. The number of piperidine rings is 1. The minimum Gasteiger partial charge on any atom is -0.457 e. The van der Waals surface area contributed by atoms with Gasteiger partial charge in [-0.25, -0.2) is 9.48 Å². The Bertz CT molecular complexity index is 1870. The third-order valence-electron chi connectivity index (χ3n) is 8.19. The highest BCUT2D eigenvalue weighted by Gasteiger charge is 2.22. The van der Waals surface area contributed by atoms with Gasteiger partial charge in [-0.1, -0.05) is 62.7 Å². The number of carbonyl (C=O) groups is 2. The molecule has 2 aromatic heterocycles. The molecule has 1 saturated heterocycles. The number of benzene rings is 3. The van der Waals surface area contributed by atoms with Crippen LogP contribution in [0.3, 0.4) is 0 Å². The maximum atomic E-state index is 13.4. The van der Waals surface area contributed by atoms with Crippen LogP contribution in [0.4, 0.5) is 16.3 Å². The van der Waals surface area contributed by atoms with E-state index in [1.807, 2.05) is 84.6 Å². The Hall–Kier alpha value is -5.18. The summed E-state index contributed by atoms with van der Waals surface area (Å²) in [6.07, 6.45) is 5.20. The summed E-state index contributed by atoms with van der Waals surface area (Å²) in [7, 11) is 0. The van der Waals surface area contributed by atoms with Crippen LogP contribution < -0.4 is 15.4 Å². The lowest BCUT2D eigenvalue weighted by Crippen LogP contribution is -2.36. The van der Waals surface area contributed by atoms with Crippen LogP contribution >= 0.6 is 0 Å². The smallest absolute Gasteiger partial charge is 0.324 e. The standard InChI is InChI=1S/C37H40N6O3/c1-25-12-14-27(15-13-25)43-34(24-33(41-43)37(2,3)4)40-36(45)39-31-16-17-32(30-11-7-6-10-29(30)31)46-28-18-19-38-26(22-28)23-35(44)42-20-8-5-9-21-42/h6-7,10-19,22,24H,5,8-9,20-21,23H2,1-4H3,(H2,39,40,45). The first-order valence-corrected chi connectivity index (χ1v) is 15.8. The van der Waals surface area contributed by atoms with Gasteiger partial charge >= 0.3 is 6.03 Å². The topological polar surface area (TPSA) is 101 Å². The van der Waals surface area contributed by atoms with E-state index in [2.05, 4.69) is 36.4 Å². The number of carbonyl (C=O) groups excluding carboxylic acids is 2. The normalized spacial score (nSPS) is 13.4. The molecule has 1 aliphatic rings. The molecule has 0 atom stereocenters. The average molecular weight is 617 g/mol. The lowest BCUT2D eigenvalue weighted by molar-refractivity contribution is -0.131. The molecule has 1 fully saturated rings. The Kier molecular flexibility index (Phi) is 8.74. The monoisotopic (exact) mass is 616 g/mol. The van der Waals surface area contributed by atoms with Crippen molar-refractivity contribution in [3.8, 4) is 17.2 Å². The molecule has 3 aromatic carbocycles. The number of likely N-dealkylation sites (tertiary alicyclic amines) is 1. The van der Waals surface area contributed by atoms with Crippen molar-refractivity contribution in [1.82, 2.24) is 19.7 Å². The second kappa shape index (κ2) is 13.0. The molecular weight excluding hydrogens is 576 g/mol. The van der Waals surface area contributed by atoms with E-state index in [1.165, 1.54) is 6.42 Å². The zero-order chi connectivity index (χ0) is 32.3. The van der Waals surface area contributed by atoms with E-state index in [1.54, 1.807) is 16.9 Å². The maximum absolute atomic E-state index is 13.4. The minimum atomic E-state index is -0.385. The Morgan fingerprint density at radius 1 is 0.870 bits per heavy atom. The highest BCUT2D eigenvalue weighted by Crippen LogP contribution is 2.35. The van der Waals surface area contributed by atoms with Gasteiger partial charge in [0.05, 0.1) is 29.2 Å². The largest absolute Gasteiger partial charge is 0.457 e. The van der Waals surface area contributed by atoms with Crippen molar-refractivity contribution in [2.24, 2.45) is 0 Å². The van der Waals surface area contributed by atoms with Gasteiger partial charge in [-0.15, -0.1) is 0 Å². The zero-order valence-electron chi connectivity index (χ0n) is 26.8. The van der Waals surface area contributed by atoms with Gasteiger partial charge < -0.3 is 15.0 Å². The quantitative estimate of drug-likeness (QED) is 0.193. The minimum absolute atomic E-state index is 0.0973. The number of nitrogens with one attached hydrogen (secondary N) is 2. The van der Waals surface area contributed by atoms with Gasteiger partial charge in [-0.2, -0.15) is 5.10 Å². The molecular formula is C37H40N6O3. The van der Waals surface area contributed by atoms with Crippen LogP contribution in [0, 0.1) is 6.92 Å². The molecule has 9 nitrogen and oxygen atoms in total. The molecule has 5 aromatic rings. The molecule has 3 heterocycles. The van der Waals surface area contributed by atoms with Crippen molar-refractivity contribution in [3.05, 3.63) is 102 Å². The van der Waals surface area contributed by atoms with Crippen LogP contribution in [0.2, 0.25) is 0 Å². The molecule has 1 aliphatic heterocycles. The molecule has 6 rings (SSSR count). The molecule has 3 amide bonds. The molecule has 2 N–H and O–H groups in total. The number of fused-ring (bicyclic) bond motifs is 1. The Labute approximate surface area is 269 Å². The number of nitrogens with zero attached hydrogens (tertiary/aromatic N) is 4. The number of anilines is 2. The summed E-state index contributed by atoms with van der Waals surface area (Å²) in [5.74, 6) is 1.90. The van der Waals surface area contributed by atoms with Crippen LogP contribution in [0.15, 0.2) is 85.1 Å². The van der Waals surface area contributed by atoms with E-state index < -0.39 is 0 Å². The predicted octanol–water partition coefficient (Wildman–Crippen LogP) is 8.02. The fourth-order valence-corrected chi connectivity index (χ4v) is 5.61. The van der Waals surface area contributed by atoms with Gasteiger partial charge in [-0.3, -0.25) is 15.1 Å². The van der Waals surface area contributed by atoms with E-state index >= 15 is 0 Å². The number of ether oxygens (including phenoxy) is 1. The molecule has 0 bridgehead atoms. The van der Waals surface area contributed by atoms with E-state index in [4.69, 9.17) is 9.84 Å². The van der Waals surface area contributed by atoms with Crippen LogP contribution in [-0.4, -0.2) is 44.7 Å². The molecule has 0 saturated carbocycles. The molecule has 0 aliphatic carbocycles. The van der Waals surface area contributed by atoms with Gasteiger partial charge in [0.1, 0.15) is 17.3 Å². The van der Waals surface area contributed by atoms with Gasteiger partial charge in [0.15, 0.2) is 0 Å². The summed E-state index contributed by atoms with van der Waals surface area (Å²) in [6, 6.07) is 24.6. The fourth-order valence-electron chi connectivity index (χ4n) is 5.61. The predicted molar refractivity (Wildman–Crippen MR) is 182 cm³/mol. The number of aryl methyl sites for hydroxylation is 1. The highest BCUT2D eigenvalue weighted by molar-refractivity contribution is 6.07. The van der Waals surface area contributed by atoms with Crippen LogP contribution in [0.25, 0.3) is 16.5 Å². The molecule has 9 heteroatoms. The number of hydrogen-bond donors (Lipinski definition) is 2. The SMILES string of the molecule is Cc1ccc(-n2nc(C(C)(C)C)cc2NC(=O)Nc2ccc(Oc3ccnc(CC(=O)N4CCCCC4)c3)c3ccccc23)cc1. The van der Waals surface area contributed by atoms with Crippen LogP contribution in [-0.2, 0) is 16.6 Å². The van der Waals surface area contributed by atoms with Crippen LogP contribution in [0.5, 0.6) is 11.5 Å². The second-order valence-electron chi connectivity index (χ2n) is 12.9. The lowest BCUT2D eigenvalue weighted by atomic mass is 9.92. The number of aromatic nitrogens is 3. The Morgan fingerprint density at radius 2 is 1.61 bits per heavy atom. The summed E-state index contributed by atoms with van der Waals surface area (Å²) in [4.78, 5) is 32.5. The second-order valence-corrected chi connectivity index (χ2v) is 12.9. The average Bonchev–Trinajstić information content (AvgIpc) is 3.47. The summed E-state index contributed by atoms with van der Waals surface area (Å²) in [6.45, 7) is 9.94. The molecule has 46 heavy (non-hydrogen) atoms. The van der Waals surface area contributed by atoms with Crippen LogP contribution in [0.1, 0.15) is 57.0 Å². The Morgan fingerprint density at radius 3 is 2.35 bits per heavy atom. The number of hydrogen-bond acceptors (Lipinski definition) is 5. The summed E-state index contributed by atoms with van der Waals surface area (Å²) >= 11 is 0. The van der Waals surface area contributed by atoms with Gasteiger partial charge in [0, 0.05) is 47.6 Å². The third-order valence-corrected chi connectivity index (χ3v) is 8.19. The summed E-state index contributed by atoms with van der Waals surface area (Å²) < 4.78 is 8.08. The van der Waals surface area contributed by atoms with Crippen molar-refractivity contribution >= 4 is 34.2 Å². The van der Waals surface area contributed by atoms with E-state index in [0.717, 1.165) is 53.6 Å². The van der Waals surface area contributed by atoms with Gasteiger partial charge in [0.2, 0.25) is 5.91 Å². The molecule has 0 radical (unpaired) electrons. The molecule has 0 spiro atoms. The maximum Gasteiger partial charge on any atom is 0.324 e. The molecule has 236 valence electrons. The number of rotatable bonds is 7. The Balaban J connectivity index is 1.20. The van der Waals surface area contributed by atoms with Crippen molar-refractivity contribution in [2.75, 3.05) is 23.7 Å². The van der Waals surface area contributed by atoms with E-state index in [9.17, 15) is 9.59 Å².